The van der Waals surface area contributed by atoms with E-state index in [0.29, 0.717) is 15.9 Å². The fourth-order valence-corrected chi connectivity index (χ4v) is 5.51. The molecule has 0 saturated heterocycles. The van der Waals surface area contributed by atoms with Gasteiger partial charge < -0.3 is 15.4 Å². The van der Waals surface area contributed by atoms with Gasteiger partial charge in [0.1, 0.15) is 16.3 Å². The predicted octanol–water partition coefficient (Wildman–Crippen LogP) is 5.23. The number of phenolic OH excluding ortho intramolecular Hbond substituents is 1. The number of fused-ring (bicyclic) bond motifs is 1. The Morgan fingerprint density at radius 3 is 2.35 bits per heavy atom. The molecule has 0 bridgehead atoms. The predicted molar refractivity (Wildman–Crippen MR) is 121 cm³/mol. The highest BCUT2D eigenvalue weighted by Gasteiger charge is 2.30. The van der Waals surface area contributed by atoms with Gasteiger partial charge in [-0.2, -0.15) is 0 Å². The maximum absolute atomic E-state index is 13.7. The lowest BCUT2D eigenvalue weighted by Gasteiger charge is -2.10. The normalized spacial score (nSPS) is 11.6. The molecule has 0 aliphatic carbocycles. The standard InChI is InChI=1S/C23H19ClN2O4S/c1-13-9-14(2)11-16(10-13)31(29,30)22-17-12-15(24)7-8-18(17)25-21(22)23(28)26-19-5-3-4-6-20(19)27/h3-12,25,27H,1-2H3,(H,26,28). The summed E-state index contributed by atoms with van der Waals surface area (Å²) in [6.45, 7) is 3.62. The van der Waals surface area contributed by atoms with Gasteiger partial charge in [-0.05, 0) is 67.4 Å². The maximum Gasteiger partial charge on any atom is 0.273 e. The number of nitrogens with one attached hydrogen (secondary N) is 2. The molecule has 0 aliphatic heterocycles. The fourth-order valence-electron chi connectivity index (χ4n) is 3.55. The molecule has 8 heteroatoms. The number of anilines is 1. The third-order valence-corrected chi connectivity index (χ3v) is 6.92. The Kier molecular flexibility index (Phi) is 5.24. The number of carbonyl (C=O) groups is 1. The van der Waals surface area contributed by atoms with Gasteiger partial charge in [-0.15, -0.1) is 0 Å². The van der Waals surface area contributed by atoms with E-state index in [-0.39, 0.29) is 26.9 Å². The highest BCUT2D eigenvalue weighted by molar-refractivity contribution is 7.91. The van der Waals surface area contributed by atoms with Crippen LogP contribution in [0.3, 0.4) is 0 Å². The Morgan fingerprint density at radius 1 is 1.00 bits per heavy atom. The molecular formula is C23H19ClN2O4S. The summed E-state index contributed by atoms with van der Waals surface area (Å²) in [7, 11) is -4.08. The van der Waals surface area contributed by atoms with Crippen molar-refractivity contribution < 1.29 is 18.3 Å². The first kappa shape index (κ1) is 21.0. The van der Waals surface area contributed by atoms with Crippen LogP contribution in [0, 0.1) is 13.8 Å². The van der Waals surface area contributed by atoms with Crippen molar-refractivity contribution in [3.63, 3.8) is 0 Å². The number of rotatable bonds is 4. The molecule has 0 atom stereocenters. The molecule has 0 saturated carbocycles. The van der Waals surface area contributed by atoms with Gasteiger partial charge >= 0.3 is 0 Å². The lowest BCUT2D eigenvalue weighted by molar-refractivity contribution is 0.101. The van der Waals surface area contributed by atoms with Crippen molar-refractivity contribution in [3.8, 4) is 5.75 Å². The van der Waals surface area contributed by atoms with Crippen molar-refractivity contribution in [3.05, 3.63) is 82.5 Å². The number of hydrogen-bond acceptors (Lipinski definition) is 4. The maximum atomic E-state index is 13.7. The monoisotopic (exact) mass is 454 g/mol. The molecule has 1 aromatic heterocycles. The highest BCUT2D eigenvalue weighted by Crippen LogP contribution is 2.35. The first-order valence-electron chi connectivity index (χ1n) is 9.41. The number of amides is 1. The molecule has 0 fully saturated rings. The Hall–Kier alpha value is -3.29. The third kappa shape index (κ3) is 3.89. The molecule has 0 spiro atoms. The summed E-state index contributed by atoms with van der Waals surface area (Å²) in [5.74, 6) is -0.828. The number of para-hydroxylation sites is 2. The molecule has 3 aromatic carbocycles. The Balaban J connectivity index is 1.94. The second kappa shape index (κ2) is 7.76. The quantitative estimate of drug-likeness (QED) is 0.368. The van der Waals surface area contributed by atoms with Gasteiger partial charge in [0.05, 0.1) is 10.6 Å². The summed E-state index contributed by atoms with van der Waals surface area (Å²) in [6.07, 6.45) is 0. The summed E-state index contributed by atoms with van der Waals surface area (Å²) in [5.41, 5.74) is 2.06. The van der Waals surface area contributed by atoms with E-state index >= 15 is 0 Å². The van der Waals surface area contributed by atoms with E-state index in [1.807, 2.05) is 19.9 Å². The Morgan fingerprint density at radius 2 is 1.68 bits per heavy atom. The van der Waals surface area contributed by atoms with E-state index in [1.165, 1.54) is 18.2 Å². The van der Waals surface area contributed by atoms with Crippen molar-refractivity contribution in [2.75, 3.05) is 5.32 Å². The number of carbonyl (C=O) groups excluding carboxylic acids is 1. The van der Waals surface area contributed by atoms with Gasteiger partial charge in [0.25, 0.3) is 5.91 Å². The second-order valence-electron chi connectivity index (χ2n) is 7.32. The third-order valence-electron chi connectivity index (χ3n) is 4.87. The number of phenols is 1. The van der Waals surface area contributed by atoms with E-state index in [2.05, 4.69) is 10.3 Å². The van der Waals surface area contributed by atoms with E-state index in [4.69, 9.17) is 11.6 Å². The first-order chi connectivity index (χ1) is 14.7. The molecule has 0 radical (unpaired) electrons. The minimum absolute atomic E-state index is 0.0856. The van der Waals surface area contributed by atoms with Crippen molar-refractivity contribution in [2.24, 2.45) is 0 Å². The van der Waals surface area contributed by atoms with Crippen LogP contribution >= 0.6 is 11.6 Å². The summed E-state index contributed by atoms with van der Waals surface area (Å²) in [4.78, 5) is 15.9. The van der Waals surface area contributed by atoms with Crippen LogP contribution in [-0.4, -0.2) is 24.4 Å². The van der Waals surface area contributed by atoms with Gasteiger partial charge in [0.15, 0.2) is 0 Å². The fraction of sp³-hybridized carbons (Fsp3) is 0.0870. The van der Waals surface area contributed by atoms with Crippen LogP contribution in [0.1, 0.15) is 21.6 Å². The van der Waals surface area contributed by atoms with Crippen LogP contribution < -0.4 is 5.32 Å². The number of hydrogen-bond donors (Lipinski definition) is 3. The largest absolute Gasteiger partial charge is 0.506 e. The van der Waals surface area contributed by atoms with E-state index < -0.39 is 15.7 Å². The Bertz CT molecular complexity index is 1420. The lowest BCUT2D eigenvalue weighted by atomic mass is 10.2. The minimum Gasteiger partial charge on any atom is -0.506 e. The number of H-pyrrole nitrogens is 1. The Labute approximate surface area is 184 Å². The van der Waals surface area contributed by atoms with Crippen molar-refractivity contribution in [1.82, 2.24) is 4.98 Å². The molecule has 31 heavy (non-hydrogen) atoms. The average molecular weight is 455 g/mol. The van der Waals surface area contributed by atoms with Gasteiger partial charge in [0, 0.05) is 15.9 Å². The molecule has 4 rings (SSSR count). The van der Waals surface area contributed by atoms with E-state index in [9.17, 15) is 18.3 Å². The number of aromatic hydroxyl groups is 1. The molecular weight excluding hydrogens is 436 g/mol. The lowest BCUT2D eigenvalue weighted by Crippen LogP contribution is -2.16. The van der Waals surface area contributed by atoms with Gasteiger partial charge in [-0.1, -0.05) is 29.8 Å². The first-order valence-corrected chi connectivity index (χ1v) is 11.3. The van der Waals surface area contributed by atoms with Gasteiger partial charge in [0.2, 0.25) is 9.84 Å². The number of sulfone groups is 1. The molecule has 0 unspecified atom stereocenters. The van der Waals surface area contributed by atoms with Gasteiger partial charge in [-0.25, -0.2) is 8.42 Å². The second-order valence-corrected chi connectivity index (χ2v) is 9.64. The van der Waals surface area contributed by atoms with Crippen molar-refractivity contribution >= 4 is 43.9 Å². The number of aromatic nitrogens is 1. The summed E-state index contributed by atoms with van der Waals surface area (Å²) >= 11 is 6.13. The van der Waals surface area contributed by atoms with E-state index in [0.717, 1.165) is 11.1 Å². The van der Waals surface area contributed by atoms with Crippen LogP contribution in [-0.2, 0) is 9.84 Å². The minimum atomic E-state index is -4.08. The van der Waals surface area contributed by atoms with Gasteiger partial charge in [-0.3, -0.25) is 4.79 Å². The summed E-state index contributed by atoms with van der Waals surface area (Å²) in [6, 6.07) is 16.0. The molecule has 4 aromatic rings. The smallest absolute Gasteiger partial charge is 0.273 e. The molecule has 1 amide bonds. The summed E-state index contributed by atoms with van der Waals surface area (Å²) in [5, 5.41) is 13.2. The average Bonchev–Trinajstić information content (AvgIpc) is 3.08. The molecule has 0 aliphatic rings. The summed E-state index contributed by atoms with van der Waals surface area (Å²) < 4.78 is 27.4. The number of benzene rings is 3. The zero-order valence-electron chi connectivity index (χ0n) is 16.7. The molecule has 3 N–H and O–H groups in total. The zero-order valence-corrected chi connectivity index (χ0v) is 18.3. The SMILES string of the molecule is Cc1cc(C)cc(S(=O)(=O)c2c(C(=O)Nc3ccccc3O)[nH]c3ccc(Cl)cc23)c1. The number of aromatic amines is 1. The highest BCUT2D eigenvalue weighted by atomic mass is 35.5. The zero-order chi connectivity index (χ0) is 22.3. The number of halogens is 1. The van der Waals surface area contributed by atoms with Crippen LogP contribution in [0.4, 0.5) is 5.69 Å². The molecule has 6 nitrogen and oxygen atoms in total. The van der Waals surface area contributed by atoms with Crippen LogP contribution in [0.5, 0.6) is 5.75 Å². The van der Waals surface area contributed by atoms with Crippen molar-refractivity contribution in [1.29, 1.82) is 0 Å². The van der Waals surface area contributed by atoms with Crippen LogP contribution in [0.15, 0.2) is 70.5 Å². The van der Waals surface area contributed by atoms with Crippen LogP contribution in [0.2, 0.25) is 5.02 Å². The molecule has 1 heterocycles. The molecule has 158 valence electrons. The van der Waals surface area contributed by atoms with Crippen molar-refractivity contribution in [2.45, 2.75) is 23.6 Å². The van der Waals surface area contributed by atoms with E-state index in [1.54, 1.807) is 36.4 Å². The van der Waals surface area contributed by atoms with Crippen LogP contribution in [0.25, 0.3) is 10.9 Å². The number of aryl methyl sites for hydroxylation is 2. The topological polar surface area (TPSA) is 99.3 Å².